The van der Waals surface area contributed by atoms with E-state index in [1.807, 2.05) is 26.0 Å². The van der Waals surface area contributed by atoms with E-state index in [9.17, 15) is 4.89 Å². The van der Waals surface area contributed by atoms with E-state index in [-0.39, 0.29) is 25.7 Å². The van der Waals surface area contributed by atoms with Crippen LogP contribution < -0.4 is 4.74 Å². The Hall–Kier alpha value is -0.570. The molecule has 0 spiro atoms. The Balaban J connectivity index is 2.29. The van der Waals surface area contributed by atoms with Crippen LogP contribution in [-0.2, 0) is 35.1 Å². The topological polar surface area (TPSA) is 75.6 Å². The zero-order chi connectivity index (χ0) is 19.4. The maximum absolute atomic E-state index is 10.00. The lowest BCUT2D eigenvalue weighted by molar-refractivity contribution is -0.106. The maximum Gasteiger partial charge on any atom is 0.324 e. The molecule has 0 aliphatic heterocycles. The summed E-state index contributed by atoms with van der Waals surface area (Å²) >= 11 is 4.97. The van der Waals surface area contributed by atoms with Gasteiger partial charge in [-0.1, -0.05) is 19.1 Å². The molecule has 0 heterocycles. The van der Waals surface area contributed by atoms with E-state index >= 15 is 0 Å². The molecule has 0 radical (unpaired) electrons. The van der Waals surface area contributed by atoms with Crippen molar-refractivity contribution >= 4 is 18.5 Å². The van der Waals surface area contributed by atoms with Gasteiger partial charge in [-0.05, 0) is 30.9 Å². The fourth-order valence-electron chi connectivity index (χ4n) is 2.03. The summed E-state index contributed by atoms with van der Waals surface area (Å²) in [5.41, 5.74) is 0.888. The molecule has 0 aromatic heterocycles. The van der Waals surface area contributed by atoms with Gasteiger partial charge in [-0.25, -0.2) is 0 Å². The minimum absolute atomic E-state index is 0.130. The third-order valence-corrected chi connectivity index (χ3v) is 4.93. The normalized spacial score (nSPS) is 15.0. The van der Waals surface area contributed by atoms with Gasteiger partial charge in [-0.2, -0.15) is 0 Å². The molecule has 9 heteroatoms. The van der Waals surface area contributed by atoms with Crippen LogP contribution in [0.15, 0.2) is 24.3 Å². The lowest BCUT2D eigenvalue weighted by atomic mass is 10.2. The SMILES string of the molecule is CCOCC(C)COP(O)(=S)OCCOc1ccc(C(OC)OC)cc1. The summed E-state index contributed by atoms with van der Waals surface area (Å²) < 4.78 is 31.8. The van der Waals surface area contributed by atoms with Crippen LogP contribution in [0.25, 0.3) is 0 Å². The van der Waals surface area contributed by atoms with Crippen LogP contribution >= 0.6 is 6.72 Å². The van der Waals surface area contributed by atoms with Crippen molar-refractivity contribution in [2.24, 2.45) is 5.92 Å². The first kappa shape index (κ1) is 23.5. The van der Waals surface area contributed by atoms with E-state index in [1.165, 1.54) is 0 Å². The molecule has 1 N–H and O–H groups in total. The Morgan fingerprint density at radius 3 is 2.27 bits per heavy atom. The van der Waals surface area contributed by atoms with Gasteiger partial charge in [-0.3, -0.25) is 0 Å². The number of methoxy groups -OCH3 is 2. The average molecular weight is 408 g/mol. The second kappa shape index (κ2) is 12.8. The number of rotatable bonds is 14. The number of hydrogen-bond donors (Lipinski definition) is 1. The van der Waals surface area contributed by atoms with Gasteiger partial charge in [-0.15, -0.1) is 0 Å². The average Bonchev–Trinajstić information content (AvgIpc) is 2.64. The second-order valence-electron chi connectivity index (χ2n) is 5.58. The summed E-state index contributed by atoms with van der Waals surface area (Å²) in [7, 11) is 3.16. The monoisotopic (exact) mass is 408 g/mol. The van der Waals surface area contributed by atoms with E-state index in [0.717, 1.165) is 5.56 Å². The van der Waals surface area contributed by atoms with Crippen LogP contribution in [0.3, 0.4) is 0 Å². The Morgan fingerprint density at radius 1 is 1.04 bits per heavy atom. The van der Waals surface area contributed by atoms with Crippen molar-refractivity contribution in [3.05, 3.63) is 29.8 Å². The summed E-state index contributed by atoms with van der Waals surface area (Å²) in [6.45, 7) is 2.48. The lowest BCUT2D eigenvalue weighted by Gasteiger charge is -2.19. The standard InChI is InChI=1S/C17H29O7PS/c1-5-21-12-14(2)13-24-25(18,26)23-11-10-22-16-8-6-15(7-9-16)17(19-3)20-4/h6-9,14,17H,5,10-13H2,1-4H3,(H,18,26). The lowest BCUT2D eigenvalue weighted by Crippen LogP contribution is -2.13. The van der Waals surface area contributed by atoms with Crippen LogP contribution in [0.4, 0.5) is 0 Å². The minimum atomic E-state index is -3.26. The van der Waals surface area contributed by atoms with E-state index < -0.39 is 13.0 Å². The van der Waals surface area contributed by atoms with E-state index in [1.54, 1.807) is 26.4 Å². The summed E-state index contributed by atoms with van der Waals surface area (Å²) in [4.78, 5) is 10.00. The van der Waals surface area contributed by atoms with Crippen LogP contribution in [0.1, 0.15) is 25.7 Å². The van der Waals surface area contributed by atoms with Gasteiger partial charge < -0.3 is 32.9 Å². The molecule has 26 heavy (non-hydrogen) atoms. The predicted octanol–water partition coefficient (Wildman–Crippen LogP) is 3.28. The first-order valence-electron chi connectivity index (χ1n) is 8.39. The highest BCUT2D eigenvalue weighted by atomic mass is 32.5. The zero-order valence-corrected chi connectivity index (χ0v) is 17.5. The molecule has 2 unspecified atom stereocenters. The Bertz CT molecular complexity index is 536. The molecular weight excluding hydrogens is 379 g/mol. The van der Waals surface area contributed by atoms with Crippen molar-refractivity contribution in [1.82, 2.24) is 0 Å². The Kier molecular flexibility index (Phi) is 11.5. The van der Waals surface area contributed by atoms with Crippen molar-refractivity contribution in [1.29, 1.82) is 0 Å². The molecule has 0 amide bonds. The van der Waals surface area contributed by atoms with Gasteiger partial charge in [0.05, 0.1) is 19.8 Å². The van der Waals surface area contributed by atoms with Crippen molar-refractivity contribution in [3.63, 3.8) is 0 Å². The highest BCUT2D eigenvalue weighted by molar-refractivity contribution is 8.07. The van der Waals surface area contributed by atoms with Crippen LogP contribution in [0.2, 0.25) is 0 Å². The van der Waals surface area contributed by atoms with Gasteiger partial charge >= 0.3 is 6.72 Å². The van der Waals surface area contributed by atoms with Gasteiger partial charge in [0, 0.05) is 32.3 Å². The molecule has 0 saturated carbocycles. The minimum Gasteiger partial charge on any atom is -0.491 e. The molecule has 1 aromatic carbocycles. The summed E-state index contributed by atoms with van der Waals surface area (Å²) in [6.07, 6.45) is -0.408. The highest BCUT2D eigenvalue weighted by Gasteiger charge is 2.17. The van der Waals surface area contributed by atoms with Gasteiger partial charge in [0.25, 0.3) is 0 Å². The van der Waals surface area contributed by atoms with Crippen molar-refractivity contribution in [3.8, 4) is 5.75 Å². The molecule has 0 saturated heterocycles. The van der Waals surface area contributed by atoms with Crippen LogP contribution in [0.5, 0.6) is 5.75 Å². The number of ether oxygens (including phenoxy) is 4. The van der Waals surface area contributed by atoms with Crippen molar-refractivity contribution in [2.75, 3.05) is 47.3 Å². The van der Waals surface area contributed by atoms with Crippen LogP contribution in [-0.4, -0.2) is 52.1 Å². The Labute approximate surface area is 160 Å². The van der Waals surface area contributed by atoms with Gasteiger partial charge in [0.1, 0.15) is 12.4 Å². The number of benzene rings is 1. The van der Waals surface area contributed by atoms with Crippen LogP contribution in [0, 0.1) is 5.92 Å². The smallest absolute Gasteiger partial charge is 0.324 e. The second-order valence-corrected chi connectivity index (χ2v) is 8.42. The maximum atomic E-state index is 10.00. The number of hydrogen-bond acceptors (Lipinski definition) is 7. The third-order valence-electron chi connectivity index (χ3n) is 3.32. The summed E-state index contributed by atoms with van der Waals surface area (Å²) in [6, 6.07) is 7.32. The molecule has 0 aliphatic carbocycles. The molecule has 1 rings (SSSR count). The van der Waals surface area contributed by atoms with Crippen molar-refractivity contribution in [2.45, 2.75) is 20.1 Å². The molecule has 150 valence electrons. The van der Waals surface area contributed by atoms with E-state index in [4.69, 9.17) is 39.8 Å². The highest BCUT2D eigenvalue weighted by Crippen LogP contribution is 2.43. The first-order chi connectivity index (χ1) is 12.4. The fourth-order valence-corrected chi connectivity index (χ4v) is 3.26. The first-order valence-corrected chi connectivity index (χ1v) is 11.0. The molecule has 0 fully saturated rings. The van der Waals surface area contributed by atoms with Crippen molar-refractivity contribution < 1.29 is 32.9 Å². The molecular formula is C17H29O7PS. The fraction of sp³-hybridized carbons (Fsp3) is 0.647. The largest absolute Gasteiger partial charge is 0.491 e. The summed E-state index contributed by atoms with van der Waals surface area (Å²) in [5, 5.41) is 0. The predicted molar refractivity (Wildman–Crippen MR) is 103 cm³/mol. The molecule has 0 bridgehead atoms. The van der Waals surface area contributed by atoms with E-state index in [0.29, 0.717) is 19.0 Å². The molecule has 2 atom stereocenters. The van der Waals surface area contributed by atoms with Gasteiger partial charge in [0.2, 0.25) is 0 Å². The zero-order valence-electron chi connectivity index (χ0n) is 15.8. The molecule has 1 aromatic rings. The third kappa shape index (κ3) is 9.39. The molecule has 7 nitrogen and oxygen atoms in total. The van der Waals surface area contributed by atoms with E-state index in [2.05, 4.69) is 0 Å². The van der Waals surface area contributed by atoms with Gasteiger partial charge in [0.15, 0.2) is 6.29 Å². The Morgan fingerprint density at radius 2 is 1.69 bits per heavy atom. The quantitative estimate of drug-likeness (QED) is 0.286. The summed E-state index contributed by atoms with van der Waals surface area (Å²) in [5.74, 6) is 0.798. The molecule has 0 aliphatic rings.